The monoisotopic (exact) mass is 333 g/mol. The number of rotatable bonds is 3. The summed E-state index contributed by atoms with van der Waals surface area (Å²) in [5, 5.41) is 6.73. The lowest BCUT2D eigenvalue weighted by Gasteiger charge is -2.25. The number of aryl methyl sites for hydroxylation is 1. The minimum absolute atomic E-state index is 0.169. The highest BCUT2D eigenvalue weighted by molar-refractivity contribution is 6.02. The van der Waals surface area contributed by atoms with Gasteiger partial charge in [-0.15, -0.1) is 0 Å². The second-order valence-electron chi connectivity index (χ2n) is 6.43. The Morgan fingerprint density at radius 2 is 1.96 bits per heavy atom. The van der Waals surface area contributed by atoms with Crippen molar-refractivity contribution in [2.75, 3.05) is 0 Å². The first-order valence-electron chi connectivity index (χ1n) is 8.34. The van der Waals surface area contributed by atoms with Crippen molar-refractivity contribution in [1.82, 2.24) is 15.2 Å². The predicted octanol–water partition coefficient (Wildman–Crippen LogP) is 2.38. The Balaban J connectivity index is 1.51. The topological polar surface area (TPSA) is 63.1 Å². The molecule has 1 aliphatic heterocycles. The SMILES string of the molecule is Cc1ccc(CNC(=O)[C@@H]2Cn3c(cc4ccccc43)C(=O)N2)cc1. The van der Waals surface area contributed by atoms with Crippen LogP contribution in [-0.2, 0) is 17.9 Å². The number of carbonyl (C=O) groups is 2. The van der Waals surface area contributed by atoms with Crippen LogP contribution >= 0.6 is 0 Å². The van der Waals surface area contributed by atoms with Gasteiger partial charge in [0.2, 0.25) is 5.91 Å². The quantitative estimate of drug-likeness (QED) is 0.773. The van der Waals surface area contributed by atoms with E-state index >= 15 is 0 Å². The van der Waals surface area contributed by atoms with E-state index in [1.54, 1.807) is 0 Å². The highest BCUT2D eigenvalue weighted by atomic mass is 16.2. The van der Waals surface area contributed by atoms with Crippen molar-refractivity contribution in [1.29, 1.82) is 0 Å². The van der Waals surface area contributed by atoms with E-state index in [2.05, 4.69) is 10.6 Å². The lowest BCUT2D eigenvalue weighted by molar-refractivity contribution is -0.123. The molecule has 0 unspecified atom stereocenters. The van der Waals surface area contributed by atoms with Crippen LogP contribution in [0.3, 0.4) is 0 Å². The van der Waals surface area contributed by atoms with Gasteiger partial charge in [0.1, 0.15) is 11.7 Å². The molecule has 25 heavy (non-hydrogen) atoms. The molecule has 2 N–H and O–H groups in total. The highest BCUT2D eigenvalue weighted by Gasteiger charge is 2.30. The largest absolute Gasteiger partial charge is 0.350 e. The van der Waals surface area contributed by atoms with Gasteiger partial charge in [-0.05, 0) is 24.6 Å². The van der Waals surface area contributed by atoms with Crippen LogP contribution in [0.5, 0.6) is 0 Å². The van der Waals surface area contributed by atoms with Gasteiger partial charge in [0.05, 0.1) is 6.54 Å². The summed E-state index contributed by atoms with van der Waals surface area (Å²) in [6.07, 6.45) is 0. The third-order valence-corrected chi connectivity index (χ3v) is 4.62. The summed E-state index contributed by atoms with van der Waals surface area (Å²) in [4.78, 5) is 24.9. The standard InChI is InChI=1S/C20H19N3O2/c1-13-6-8-14(9-7-13)11-21-19(24)16-12-23-17-5-3-2-4-15(17)10-18(23)20(25)22-16/h2-10,16H,11-12H2,1H3,(H,21,24)(H,22,25)/t16-/m0/s1. The van der Waals surface area contributed by atoms with Crippen molar-refractivity contribution in [3.05, 3.63) is 71.4 Å². The average molecular weight is 333 g/mol. The molecule has 2 amide bonds. The molecule has 0 fully saturated rings. The maximum Gasteiger partial charge on any atom is 0.268 e. The molecular weight excluding hydrogens is 314 g/mol. The van der Waals surface area contributed by atoms with Crippen LogP contribution < -0.4 is 10.6 Å². The van der Waals surface area contributed by atoms with E-state index in [0.29, 0.717) is 18.8 Å². The smallest absolute Gasteiger partial charge is 0.268 e. The van der Waals surface area contributed by atoms with Gasteiger partial charge in [0, 0.05) is 17.4 Å². The van der Waals surface area contributed by atoms with Crippen molar-refractivity contribution in [3.8, 4) is 0 Å². The van der Waals surface area contributed by atoms with E-state index in [4.69, 9.17) is 0 Å². The van der Waals surface area contributed by atoms with E-state index in [-0.39, 0.29) is 11.8 Å². The number of amides is 2. The maximum atomic E-state index is 12.5. The number of para-hydroxylation sites is 1. The summed E-state index contributed by atoms with van der Waals surface area (Å²) < 4.78 is 1.92. The lowest BCUT2D eigenvalue weighted by atomic mass is 10.1. The van der Waals surface area contributed by atoms with Gasteiger partial charge < -0.3 is 15.2 Å². The second-order valence-corrected chi connectivity index (χ2v) is 6.43. The van der Waals surface area contributed by atoms with Crippen molar-refractivity contribution >= 4 is 22.7 Å². The van der Waals surface area contributed by atoms with E-state index in [0.717, 1.165) is 16.5 Å². The predicted molar refractivity (Wildman–Crippen MR) is 96.2 cm³/mol. The van der Waals surface area contributed by atoms with Gasteiger partial charge in [-0.2, -0.15) is 0 Å². The molecule has 0 saturated heterocycles. The minimum Gasteiger partial charge on any atom is -0.350 e. The molecule has 0 aliphatic carbocycles. The number of carbonyl (C=O) groups excluding carboxylic acids is 2. The maximum absolute atomic E-state index is 12.5. The summed E-state index contributed by atoms with van der Waals surface area (Å²) in [6.45, 7) is 2.91. The molecule has 2 aromatic carbocycles. The Kier molecular flexibility index (Phi) is 3.76. The van der Waals surface area contributed by atoms with Crippen molar-refractivity contribution in [2.24, 2.45) is 0 Å². The fourth-order valence-electron chi connectivity index (χ4n) is 3.22. The molecule has 1 aromatic heterocycles. The van der Waals surface area contributed by atoms with Crippen LogP contribution in [0.25, 0.3) is 10.9 Å². The molecule has 1 aliphatic rings. The molecular formula is C20H19N3O2. The van der Waals surface area contributed by atoms with E-state index in [9.17, 15) is 9.59 Å². The average Bonchev–Trinajstić information content (AvgIpc) is 3.00. The van der Waals surface area contributed by atoms with Gasteiger partial charge >= 0.3 is 0 Å². The number of benzene rings is 2. The molecule has 0 bridgehead atoms. The molecule has 0 radical (unpaired) electrons. The van der Waals surface area contributed by atoms with Crippen LogP contribution in [-0.4, -0.2) is 22.4 Å². The van der Waals surface area contributed by atoms with Gasteiger partial charge in [-0.3, -0.25) is 9.59 Å². The van der Waals surface area contributed by atoms with Crippen LogP contribution in [0.4, 0.5) is 0 Å². The lowest BCUT2D eigenvalue weighted by Crippen LogP contribution is -2.52. The van der Waals surface area contributed by atoms with Crippen molar-refractivity contribution < 1.29 is 9.59 Å². The Labute approximate surface area is 145 Å². The Morgan fingerprint density at radius 3 is 2.76 bits per heavy atom. The summed E-state index contributed by atoms with van der Waals surface area (Å²) in [5.41, 5.74) is 3.79. The first-order valence-corrected chi connectivity index (χ1v) is 8.34. The van der Waals surface area contributed by atoms with Crippen LogP contribution in [0.2, 0.25) is 0 Å². The first-order chi connectivity index (χ1) is 12.1. The number of nitrogens with one attached hydrogen (secondary N) is 2. The molecule has 0 spiro atoms. The second kappa shape index (κ2) is 6.09. The van der Waals surface area contributed by atoms with Gasteiger partial charge in [-0.1, -0.05) is 48.0 Å². The molecule has 3 aromatic rings. The Morgan fingerprint density at radius 1 is 1.20 bits per heavy atom. The van der Waals surface area contributed by atoms with Crippen molar-refractivity contribution in [2.45, 2.75) is 26.1 Å². The number of fused-ring (bicyclic) bond motifs is 3. The Hall–Kier alpha value is -3.08. The molecule has 0 saturated carbocycles. The molecule has 126 valence electrons. The minimum atomic E-state index is -0.568. The number of hydrogen-bond acceptors (Lipinski definition) is 2. The summed E-state index contributed by atoms with van der Waals surface area (Å²) in [5.74, 6) is -0.379. The highest BCUT2D eigenvalue weighted by Crippen LogP contribution is 2.22. The number of aromatic nitrogens is 1. The Bertz CT molecular complexity index is 957. The molecule has 5 nitrogen and oxygen atoms in total. The zero-order chi connectivity index (χ0) is 17.4. The summed E-state index contributed by atoms with van der Waals surface area (Å²) in [7, 11) is 0. The fraction of sp³-hybridized carbons (Fsp3) is 0.200. The molecule has 4 rings (SSSR count). The van der Waals surface area contributed by atoms with Crippen LogP contribution in [0, 0.1) is 6.92 Å². The van der Waals surface area contributed by atoms with E-state index in [1.807, 2.05) is 66.1 Å². The molecule has 2 heterocycles. The van der Waals surface area contributed by atoms with Gasteiger partial charge in [0.15, 0.2) is 0 Å². The zero-order valence-corrected chi connectivity index (χ0v) is 14.0. The number of hydrogen-bond donors (Lipinski definition) is 2. The summed E-state index contributed by atoms with van der Waals surface area (Å²) >= 11 is 0. The zero-order valence-electron chi connectivity index (χ0n) is 14.0. The molecule has 5 heteroatoms. The van der Waals surface area contributed by atoms with E-state index in [1.165, 1.54) is 5.56 Å². The van der Waals surface area contributed by atoms with Crippen molar-refractivity contribution in [3.63, 3.8) is 0 Å². The third kappa shape index (κ3) is 2.89. The van der Waals surface area contributed by atoms with Gasteiger partial charge in [0.25, 0.3) is 5.91 Å². The third-order valence-electron chi connectivity index (χ3n) is 4.62. The summed E-state index contributed by atoms with van der Waals surface area (Å²) in [6, 6.07) is 17.1. The number of nitrogens with zero attached hydrogens (tertiary/aromatic N) is 1. The van der Waals surface area contributed by atoms with Crippen LogP contribution in [0.15, 0.2) is 54.6 Å². The normalized spacial score (nSPS) is 16.4. The fourth-order valence-corrected chi connectivity index (χ4v) is 3.22. The van der Waals surface area contributed by atoms with Crippen LogP contribution in [0.1, 0.15) is 21.6 Å². The van der Waals surface area contributed by atoms with E-state index < -0.39 is 6.04 Å². The van der Waals surface area contributed by atoms with Gasteiger partial charge in [-0.25, -0.2) is 0 Å². The molecule has 1 atom stereocenters. The first kappa shape index (κ1) is 15.4.